The number of anilines is 1. The summed E-state index contributed by atoms with van der Waals surface area (Å²) in [7, 11) is 1.58. The van der Waals surface area contributed by atoms with Gasteiger partial charge >= 0.3 is 0 Å². The first-order valence-corrected chi connectivity index (χ1v) is 5.83. The largest absolute Gasteiger partial charge is 0.496 e. The Morgan fingerprint density at radius 3 is 2.78 bits per heavy atom. The van der Waals surface area contributed by atoms with Gasteiger partial charge in [-0.05, 0) is 32.0 Å². The van der Waals surface area contributed by atoms with Gasteiger partial charge in [0, 0.05) is 17.8 Å². The predicted octanol–water partition coefficient (Wildman–Crippen LogP) is 1.32. The lowest BCUT2D eigenvalue weighted by Gasteiger charge is -2.11. The van der Waals surface area contributed by atoms with Crippen molar-refractivity contribution in [2.24, 2.45) is 0 Å². The van der Waals surface area contributed by atoms with Crippen LogP contribution in [0.5, 0.6) is 5.75 Å². The van der Waals surface area contributed by atoms with Crippen LogP contribution in [0.1, 0.15) is 19.4 Å². The van der Waals surface area contributed by atoms with Gasteiger partial charge in [0.2, 0.25) is 5.91 Å². The number of carbonyl (C=O) groups excluding carboxylic acids is 1. The number of hydrogen-bond acceptors (Lipinski definition) is 4. The van der Waals surface area contributed by atoms with Gasteiger partial charge < -0.3 is 20.5 Å². The van der Waals surface area contributed by atoms with Gasteiger partial charge in [-0.15, -0.1) is 0 Å². The second kappa shape index (κ2) is 6.86. The van der Waals surface area contributed by atoms with Gasteiger partial charge in [0.05, 0.1) is 13.2 Å². The molecule has 0 atom stereocenters. The van der Waals surface area contributed by atoms with Crippen molar-refractivity contribution in [3.05, 3.63) is 23.8 Å². The number of benzene rings is 1. The van der Waals surface area contributed by atoms with E-state index in [1.54, 1.807) is 25.3 Å². The summed E-state index contributed by atoms with van der Waals surface area (Å²) in [6.45, 7) is 4.19. The van der Waals surface area contributed by atoms with Gasteiger partial charge in [-0.2, -0.15) is 0 Å². The van der Waals surface area contributed by atoms with E-state index in [0.29, 0.717) is 18.0 Å². The second-order valence-electron chi connectivity index (χ2n) is 4.21. The van der Waals surface area contributed by atoms with E-state index >= 15 is 0 Å². The van der Waals surface area contributed by atoms with Crippen LogP contribution in [0.25, 0.3) is 0 Å². The van der Waals surface area contributed by atoms with Crippen molar-refractivity contribution in [1.29, 1.82) is 0 Å². The highest BCUT2D eigenvalue weighted by Gasteiger charge is 2.07. The highest BCUT2D eigenvalue weighted by molar-refractivity contribution is 5.77. The molecule has 3 N–H and O–H groups in total. The summed E-state index contributed by atoms with van der Waals surface area (Å²) in [4.78, 5) is 11.5. The van der Waals surface area contributed by atoms with Crippen LogP contribution in [-0.2, 0) is 16.1 Å². The molecule has 5 nitrogen and oxygen atoms in total. The SMILES string of the molecule is COc1ccc(N)cc1CNC(=O)COC(C)C. The molecule has 18 heavy (non-hydrogen) atoms. The number of methoxy groups -OCH3 is 1. The molecule has 0 saturated carbocycles. The fourth-order valence-electron chi connectivity index (χ4n) is 1.42. The highest BCUT2D eigenvalue weighted by Crippen LogP contribution is 2.20. The van der Waals surface area contributed by atoms with Crippen molar-refractivity contribution in [1.82, 2.24) is 5.32 Å². The molecular weight excluding hydrogens is 232 g/mol. The van der Waals surface area contributed by atoms with Crippen LogP contribution < -0.4 is 15.8 Å². The van der Waals surface area contributed by atoms with E-state index in [0.717, 1.165) is 5.56 Å². The van der Waals surface area contributed by atoms with Crippen molar-refractivity contribution in [2.75, 3.05) is 19.5 Å². The molecule has 0 bridgehead atoms. The van der Waals surface area contributed by atoms with Gasteiger partial charge in [-0.25, -0.2) is 0 Å². The van der Waals surface area contributed by atoms with Crippen molar-refractivity contribution in [2.45, 2.75) is 26.5 Å². The van der Waals surface area contributed by atoms with Crippen molar-refractivity contribution in [3.8, 4) is 5.75 Å². The Balaban J connectivity index is 2.52. The van der Waals surface area contributed by atoms with Crippen molar-refractivity contribution in [3.63, 3.8) is 0 Å². The average Bonchev–Trinajstić information content (AvgIpc) is 2.34. The maximum atomic E-state index is 11.5. The molecule has 1 rings (SSSR count). The third kappa shape index (κ3) is 4.63. The van der Waals surface area contributed by atoms with Crippen LogP contribution in [0.3, 0.4) is 0 Å². The smallest absolute Gasteiger partial charge is 0.246 e. The number of nitrogens with two attached hydrogens (primary N) is 1. The number of nitrogens with one attached hydrogen (secondary N) is 1. The van der Waals surface area contributed by atoms with Crippen molar-refractivity contribution < 1.29 is 14.3 Å². The third-order valence-electron chi connectivity index (χ3n) is 2.33. The Morgan fingerprint density at radius 2 is 2.17 bits per heavy atom. The lowest BCUT2D eigenvalue weighted by molar-refractivity contribution is -0.127. The Kier molecular flexibility index (Phi) is 5.45. The zero-order valence-corrected chi connectivity index (χ0v) is 11.0. The molecule has 1 aromatic carbocycles. The van der Waals surface area contributed by atoms with E-state index in [1.807, 2.05) is 13.8 Å². The quantitative estimate of drug-likeness (QED) is 0.749. The number of hydrogen-bond donors (Lipinski definition) is 2. The molecule has 0 saturated heterocycles. The molecule has 1 amide bonds. The van der Waals surface area contributed by atoms with Crippen LogP contribution in [0, 0.1) is 0 Å². The maximum absolute atomic E-state index is 11.5. The van der Waals surface area contributed by atoms with Gasteiger partial charge in [0.1, 0.15) is 12.4 Å². The molecule has 0 unspecified atom stereocenters. The summed E-state index contributed by atoms with van der Waals surface area (Å²) in [6.07, 6.45) is 0.0395. The van der Waals surface area contributed by atoms with Crippen LogP contribution in [0.4, 0.5) is 5.69 Å². The summed E-state index contributed by atoms with van der Waals surface area (Å²) in [5.74, 6) is 0.544. The molecule has 0 aliphatic carbocycles. The summed E-state index contributed by atoms with van der Waals surface area (Å²) in [5.41, 5.74) is 7.17. The number of carbonyl (C=O) groups is 1. The molecular formula is C13H20N2O3. The lowest BCUT2D eigenvalue weighted by atomic mass is 10.2. The topological polar surface area (TPSA) is 73.6 Å². The normalized spacial score (nSPS) is 10.4. The lowest BCUT2D eigenvalue weighted by Crippen LogP contribution is -2.28. The van der Waals surface area contributed by atoms with Crippen LogP contribution >= 0.6 is 0 Å². The minimum atomic E-state index is -0.159. The third-order valence-corrected chi connectivity index (χ3v) is 2.33. The number of nitrogen functional groups attached to an aromatic ring is 1. The summed E-state index contributed by atoms with van der Waals surface area (Å²) in [5, 5.41) is 2.76. The number of ether oxygens (including phenoxy) is 2. The fraction of sp³-hybridized carbons (Fsp3) is 0.462. The molecule has 0 radical (unpaired) electrons. The fourth-order valence-corrected chi connectivity index (χ4v) is 1.42. The van der Waals surface area contributed by atoms with E-state index in [4.69, 9.17) is 15.2 Å². The van der Waals surface area contributed by atoms with Crippen LogP contribution in [-0.4, -0.2) is 25.7 Å². The van der Waals surface area contributed by atoms with Crippen LogP contribution in [0.15, 0.2) is 18.2 Å². The Bertz CT molecular complexity index is 405. The minimum Gasteiger partial charge on any atom is -0.496 e. The highest BCUT2D eigenvalue weighted by atomic mass is 16.5. The monoisotopic (exact) mass is 252 g/mol. The molecule has 5 heteroatoms. The van der Waals surface area contributed by atoms with E-state index in [1.165, 1.54) is 0 Å². The number of amides is 1. The molecule has 0 aromatic heterocycles. The van der Waals surface area contributed by atoms with Gasteiger partial charge in [-0.1, -0.05) is 0 Å². The van der Waals surface area contributed by atoms with Crippen LogP contribution in [0.2, 0.25) is 0 Å². The van der Waals surface area contributed by atoms with Gasteiger partial charge in [-0.3, -0.25) is 4.79 Å². The first-order valence-electron chi connectivity index (χ1n) is 5.83. The summed E-state index contributed by atoms with van der Waals surface area (Å²) < 4.78 is 10.4. The zero-order chi connectivity index (χ0) is 13.5. The summed E-state index contributed by atoms with van der Waals surface area (Å²) >= 11 is 0. The molecule has 0 aliphatic rings. The maximum Gasteiger partial charge on any atom is 0.246 e. The number of rotatable bonds is 6. The second-order valence-corrected chi connectivity index (χ2v) is 4.21. The molecule has 1 aromatic rings. The predicted molar refractivity (Wildman–Crippen MR) is 70.3 cm³/mol. The van der Waals surface area contributed by atoms with E-state index < -0.39 is 0 Å². The molecule has 0 spiro atoms. The first-order chi connectivity index (χ1) is 8.52. The summed E-state index contributed by atoms with van der Waals surface area (Å²) in [6, 6.07) is 5.32. The Morgan fingerprint density at radius 1 is 1.44 bits per heavy atom. The zero-order valence-electron chi connectivity index (χ0n) is 11.0. The molecule has 100 valence electrons. The molecule has 0 aliphatic heterocycles. The van der Waals surface area contributed by atoms with Gasteiger partial charge in [0.15, 0.2) is 0 Å². The van der Waals surface area contributed by atoms with E-state index in [2.05, 4.69) is 5.32 Å². The molecule has 0 heterocycles. The van der Waals surface area contributed by atoms with Gasteiger partial charge in [0.25, 0.3) is 0 Å². The average molecular weight is 252 g/mol. The standard InChI is InChI=1S/C13H20N2O3/c1-9(2)18-8-13(16)15-7-10-6-11(14)4-5-12(10)17-3/h4-6,9H,7-8,14H2,1-3H3,(H,15,16). The Hall–Kier alpha value is -1.75. The Labute approximate surface area is 107 Å². The van der Waals surface area contributed by atoms with Crippen molar-refractivity contribution >= 4 is 11.6 Å². The minimum absolute atomic E-state index is 0.0395. The molecule has 0 fully saturated rings. The van der Waals surface area contributed by atoms with E-state index in [9.17, 15) is 4.79 Å². The van der Waals surface area contributed by atoms with E-state index in [-0.39, 0.29) is 18.6 Å². The first kappa shape index (κ1) is 14.3.